The molecule has 1 amide bonds. The number of ether oxygens (including phenoxy) is 1. The zero-order valence-corrected chi connectivity index (χ0v) is 12.0. The molecule has 3 heterocycles. The van der Waals surface area contributed by atoms with E-state index in [-0.39, 0.29) is 5.91 Å². The monoisotopic (exact) mass is 280 g/mol. The standard InChI is InChI=1S/C14H20N2O2S/c1-18-12-6-13(19-9-12)14(17)16-4-2-10-7-15-8-11(10)3-5-16/h6,9-11,15H,2-5,7-8H2,1H3/t10-,11+. The molecule has 4 nitrogen and oxygen atoms in total. The lowest BCUT2D eigenvalue weighted by Crippen LogP contribution is -2.32. The van der Waals surface area contributed by atoms with Crippen LogP contribution in [0.1, 0.15) is 22.5 Å². The summed E-state index contributed by atoms with van der Waals surface area (Å²) < 4.78 is 5.15. The number of hydrogen-bond donors (Lipinski definition) is 1. The minimum absolute atomic E-state index is 0.168. The van der Waals surface area contributed by atoms with Crippen molar-refractivity contribution in [2.45, 2.75) is 12.8 Å². The van der Waals surface area contributed by atoms with Gasteiger partial charge in [0.15, 0.2) is 0 Å². The summed E-state index contributed by atoms with van der Waals surface area (Å²) in [4.78, 5) is 15.3. The molecule has 1 aromatic heterocycles. The molecule has 0 saturated carbocycles. The Morgan fingerprint density at radius 2 is 2.05 bits per heavy atom. The SMILES string of the molecule is COc1csc(C(=O)N2CC[C@@H]3CNC[C@@H]3CC2)c1. The molecule has 2 aliphatic heterocycles. The van der Waals surface area contributed by atoms with Crippen molar-refractivity contribution < 1.29 is 9.53 Å². The van der Waals surface area contributed by atoms with Crippen LogP contribution in [0, 0.1) is 11.8 Å². The van der Waals surface area contributed by atoms with Crippen molar-refractivity contribution >= 4 is 17.2 Å². The Morgan fingerprint density at radius 1 is 1.37 bits per heavy atom. The van der Waals surface area contributed by atoms with Gasteiger partial charge in [-0.1, -0.05) is 0 Å². The van der Waals surface area contributed by atoms with Gasteiger partial charge in [0.2, 0.25) is 0 Å². The van der Waals surface area contributed by atoms with Crippen molar-refractivity contribution in [2.75, 3.05) is 33.3 Å². The maximum Gasteiger partial charge on any atom is 0.264 e. The molecule has 2 saturated heterocycles. The number of nitrogens with zero attached hydrogens (tertiary/aromatic N) is 1. The van der Waals surface area contributed by atoms with Crippen LogP contribution in [0.15, 0.2) is 11.4 Å². The highest BCUT2D eigenvalue weighted by atomic mass is 32.1. The summed E-state index contributed by atoms with van der Waals surface area (Å²) in [5.74, 6) is 2.47. The van der Waals surface area contributed by atoms with Crippen LogP contribution in [0.5, 0.6) is 5.75 Å². The number of carbonyl (C=O) groups is 1. The molecule has 0 radical (unpaired) electrons. The summed E-state index contributed by atoms with van der Waals surface area (Å²) in [5, 5.41) is 5.35. The summed E-state index contributed by atoms with van der Waals surface area (Å²) >= 11 is 1.48. The Hall–Kier alpha value is -1.07. The van der Waals surface area contributed by atoms with Gasteiger partial charge in [-0.15, -0.1) is 11.3 Å². The molecule has 3 rings (SSSR count). The van der Waals surface area contributed by atoms with Gasteiger partial charge in [-0.25, -0.2) is 0 Å². The molecule has 1 aromatic rings. The fourth-order valence-corrected chi connectivity index (χ4v) is 3.94. The molecular formula is C14H20N2O2S. The third-order valence-electron chi connectivity index (χ3n) is 4.33. The summed E-state index contributed by atoms with van der Waals surface area (Å²) in [6, 6.07) is 1.85. The van der Waals surface area contributed by atoms with Crippen LogP contribution in [-0.2, 0) is 0 Å². The molecule has 2 fully saturated rings. The number of fused-ring (bicyclic) bond motifs is 1. The Balaban J connectivity index is 1.67. The zero-order chi connectivity index (χ0) is 13.2. The van der Waals surface area contributed by atoms with Crippen molar-refractivity contribution in [3.05, 3.63) is 16.3 Å². The number of methoxy groups -OCH3 is 1. The molecule has 104 valence electrons. The summed E-state index contributed by atoms with van der Waals surface area (Å²) in [5.41, 5.74) is 0. The van der Waals surface area contributed by atoms with E-state index in [9.17, 15) is 4.79 Å². The van der Waals surface area contributed by atoms with Gasteiger partial charge in [0.05, 0.1) is 12.0 Å². The molecule has 2 atom stereocenters. The molecule has 0 spiro atoms. The predicted molar refractivity (Wildman–Crippen MR) is 75.9 cm³/mol. The summed E-state index contributed by atoms with van der Waals surface area (Å²) in [6.45, 7) is 4.03. The number of thiophene rings is 1. The molecule has 1 N–H and O–H groups in total. The number of hydrogen-bond acceptors (Lipinski definition) is 4. The number of carbonyl (C=O) groups excluding carboxylic acids is 1. The molecular weight excluding hydrogens is 260 g/mol. The minimum Gasteiger partial charge on any atom is -0.496 e. The average Bonchev–Trinajstić information content (AvgIpc) is 3.04. The van der Waals surface area contributed by atoms with Crippen LogP contribution in [0.25, 0.3) is 0 Å². The van der Waals surface area contributed by atoms with Gasteiger partial charge >= 0.3 is 0 Å². The lowest BCUT2D eigenvalue weighted by atomic mass is 9.92. The van der Waals surface area contributed by atoms with Crippen molar-refractivity contribution in [3.63, 3.8) is 0 Å². The van der Waals surface area contributed by atoms with Crippen LogP contribution in [0.3, 0.4) is 0 Å². The molecule has 0 aliphatic carbocycles. The van der Waals surface area contributed by atoms with E-state index in [0.29, 0.717) is 0 Å². The average molecular weight is 280 g/mol. The minimum atomic E-state index is 0.168. The second-order valence-electron chi connectivity index (χ2n) is 5.40. The van der Waals surface area contributed by atoms with Gasteiger partial charge in [0, 0.05) is 24.5 Å². The molecule has 0 aromatic carbocycles. The third kappa shape index (κ3) is 2.62. The van der Waals surface area contributed by atoms with Gasteiger partial charge in [-0.2, -0.15) is 0 Å². The van der Waals surface area contributed by atoms with Gasteiger partial charge < -0.3 is 15.0 Å². The van der Waals surface area contributed by atoms with Crippen molar-refractivity contribution in [2.24, 2.45) is 11.8 Å². The Labute approximate surface area is 117 Å². The van der Waals surface area contributed by atoms with E-state index >= 15 is 0 Å². The summed E-state index contributed by atoms with van der Waals surface area (Å²) in [6.07, 6.45) is 2.26. The van der Waals surface area contributed by atoms with Crippen LogP contribution < -0.4 is 10.1 Å². The fraction of sp³-hybridized carbons (Fsp3) is 0.643. The van der Waals surface area contributed by atoms with Gasteiger partial charge in [0.1, 0.15) is 5.75 Å². The first-order valence-corrected chi connectivity index (χ1v) is 7.78. The molecule has 0 unspecified atom stereocenters. The lowest BCUT2D eigenvalue weighted by Gasteiger charge is -2.20. The number of rotatable bonds is 2. The largest absolute Gasteiger partial charge is 0.496 e. The first-order valence-electron chi connectivity index (χ1n) is 6.90. The van der Waals surface area contributed by atoms with Crippen LogP contribution in [0.2, 0.25) is 0 Å². The Morgan fingerprint density at radius 3 is 2.63 bits per heavy atom. The maximum absolute atomic E-state index is 12.5. The van der Waals surface area contributed by atoms with Crippen molar-refractivity contribution in [1.82, 2.24) is 10.2 Å². The second kappa shape index (κ2) is 5.51. The van der Waals surface area contributed by atoms with E-state index in [1.54, 1.807) is 7.11 Å². The Kier molecular flexibility index (Phi) is 3.75. The Bertz CT molecular complexity index is 446. The maximum atomic E-state index is 12.5. The highest BCUT2D eigenvalue weighted by molar-refractivity contribution is 7.12. The lowest BCUT2D eigenvalue weighted by molar-refractivity contribution is 0.0763. The quantitative estimate of drug-likeness (QED) is 0.898. The van der Waals surface area contributed by atoms with E-state index in [1.165, 1.54) is 11.3 Å². The second-order valence-corrected chi connectivity index (χ2v) is 6.31. The first-order chi connectivity index (χ1) is 9.28. The number of amides is 1. The smallest absolute Gasteiger partial charge is 0.264 e. The zero-order valence-electron chi connectivity index (χ0n) is 11.2. The van der Waals surface area contributed by atoms with E-state index in [0.717, 1.165) is 61.5 Å². The molecule has 2 aliphatic rings. The normalized spacial score (nSPS) is 26.9. The fourth-order valence-electron chi connectivity index (χ4n) is 3.12. The predicted octanol–water partition coefficient (Wildman–Crippen LogP) is 1.83. The highest BCUT2D eigenvalue weighted by Gasteiger charge is 2.31. The number of likely N-dealkylation sites (tertiary alicyclic amines) is 1. The van der Waals surface area contributed by atoms with E-state index < -0.39 is 0 Å². The van der Waals surface area contributed by atoms with E-state index in [4.69, 9.17) is 4.74 Å². The van der Waals surface area contributed by atoms with Crippen LogP contribution >= 0.6 is 11.3 Å². The van der Waals surface area contributed by atoms with Crippen molar-refractivity contribution in [3.8, 4) is 5.75 Å². The summed E-state index contributed by atoms with van der Waals surface area (Å²) in [7, 11) is 1.64. The van der Waals surface area contributed by atoms with Crippen molar-refractivity contribution in [1.29, 1.82) is 0 Å². The molecule has 0 bridgehead atoms. The van der Waals surface area contributed by atoms with Crippen LogP contribution in [-0.4, -0.2) is 44.1 Å². The number of nitrogens with one attached hydrogen (secondary N) is 1. The van der Waals surface area contributed by atoms with E-state index in [2.05, 4.69) is 5.32 Å². The van der Waals surface area contributed by atoms with Gasteiger partial charge in [-0.3, -0.25) is 4.79 Å². The van der Waals surface area contributed by atoms with Gasteiger partial charge in [0.25, 0.3) is 5.91 Å². The first kappa shape index (κ1) is 12.9. The van der Waals surface area contributed by atoms with Crippen LogP contribution in [0.4, 0.5) is 0 Å². The topological polar surface area (TPSA) is 41.6 Å². The third-order valence-corrected chi connectivity index (χ3v) is 5.22. The molecule has 19 heavy (non-hydrogen) atoms. The highest BCUT2D eigenvalue weighted by Crippen LogP contribution is 2.29. The van der Waals surface area contributed by atoms with E-state index in [1.807, 2.05) is 16.3 Å². The van der Waals surface area contributed by atoms with Gasteiger partial charge in [-0.05, 0) is 37.8 Å². The molecule has 5 heteroatoms.